The SMILES string of the molecule is CC(C)(C)OCCN1C(=O)CC(Cc2ccc(F)cc2)C1=O. The second kappa shape index (κ2) is 6.57. The Labute approximate surface area is 130 Å². The fourth-order valence-corrected chi connectivity index (χ4v) is 2.49. The molecular formula is C17H22FNO3. The highest BCUT2D eigenvalue weighted by molar-refractivity contribution is 6.03. The van der Waals surface area contributed by atoms with E-state index < -0.39 is 0 Å². The fraction of sp³-hybridized carbons (Fsp3) is 0.529. The van der Waals surface area contributed by atoms with Crippen molar-refractivity contribution in [2.75, 3.05) is 13.2 Å². The van der Waals surface area contributed by atoms with Gasteiger partial charge in [0.05, 0.1) is 24.7 Å². The molecule has 2 amide bonds. The first-order valence-electron chi connectivity index (χ1n) is 7.49. The summed E-state index contributed by atoms with van der Waals surface area (Å²) in [6.07, 6.45) is 0.674. The quantitative estimate of drug-likeness (QED) is 0.785. The maximum absolute atomic E-state index is 12.9. The molecule has 0 N–H and O–H groups in total. The van der Waals surface area contributed by atoms with E-state index in [0.29, 0.717) is 13.0 Å². The van der Waals surface area contributed by atoms with Gasteiger partial charge in [-0.1, -0.05) is 12.1 Å². The molecule has 1 aliphatic heterocycles. The number of hydrogen-bond acceptors (Lipinski definition) is 3. The number of benzene rings is 1. The molecule has 4 nitrogen and oxygen atoms in total. The van der Waals surface area contributed by atoms with Crippen molar-refractivity contribution in [2.45, 2.75) is 39.2 Å². The molecule has 1 unspecified atom stereocenters. The number of rotatable bonds is 5. The van der Waals surface area contributed by atoms with Crippen molar-refractivity contribution in [1.82, 2.24) is 4.90 Å². The highest BCUT2D eigenvalue weighted by Crippen LogP contribution is 2.23. The van der Waals surface area contributed by atoms with Crippen molar-refractivity contribution in [3.63, 3.8) is 0 Å². The van der Waals surface area contributed by atoms with Crippen molar-refractivity contribution in [1.29, 1.82) is 0 Å². The van der Waals surface area contributed by atoms with Crippen LogP contribution in [0.1, 0.15) is 32.8 Å². The first kappa shape index (κ1) is 16.6. The molecule has 2 rings (SSSR count). The molecule has 0 bridgehead atoms. The average molecular weight is 307 g/mol. The van der Waals surface area contributed by atoms with Crippen LogP contribution in [0.2, 0.25) is 0 Å². The number of ether oxygens (including phenoxy) is 1. The highest BCUT2D eigenvalue weighted by Gasteiger charge is 2.38. The summed E-state index contributed by atoms with van der Waals surface area (Å²) in [4.78, 5) is 25.6. The smallest absolute Gasteiger partial charge is 0.233 e. The Bertz CT molecular complexity index is 548. The lowest BCUT2D eigenvalue weighted by Gasteiger charge is -2.22. The fourth-order valence-electron chi connectivity index (χ4n) is 2.49. The first-order chi connectivity index (χ1) is 10.3. The maximum atomic E-state index is 12.9. The third-order valence-electron chi connectivity index (χ3n) is 3.58. The summed E-state index contributed by atoms with van der Waals surface area (Å²) in [7, 11) is 0. The van der Waals surface area contributed by atoms with Gasteiger partial charge in [0.25, 0.3) is 0 Å². The molecule has 1 aromatic carbocycles. The van der Waals surface area contributed by atoms with E-state index in [0.717, 1.165) is 5.56 Å². The van der Waals surface area contributed by atoms with Crippen molar-refractivity contribution in [3.8, 4) is 0 Å². The van der Waals surface area contributed by atoms with Gasteiger partial charge in [0, 0.05) is 6.42 Å². The second-order valence-electron chi connectivity index (χ2n) is 6.58. The van der Waals surface area contributed by atoms with Crippen molar-refractivity contribution < 1.29 is 18.7 Å². The summed E-state index contributed by atoms with van der Waals surface area (Å²) in [6.45, 7) is 6.41. The Morgan fingerprint density at radius 1 is 1.23 bits per heavy atom. The van der Waals surface area contributed by atoms with Crippen molar-refractivity contribution in [2.24, 2.45) is 5.92 Å². The van der Waals surface area contributed by atoms with Crippen LogP contribution < -0.4 is 0 Å². The van der Waals surface area contributed by atoms with Gasteiger partial charge in [-0.05, 0) is 44.9 Å². The van der Waals surface area contributed by atoms with Gasteiger partial charge >= 0.3 is 0 Å². The van der Waals surface area contributed by atoms with Gasteiger partial charge in [0.2, 0.25) is 11.8 Å². The molecule has 5 heteroatoms. The van der Waals surface area contributed by atoms with E-state index >= 15 is 0 Å². The standard InChI is InChI=1S/C17H22FNO3/c1-17(2,3)22-9-8-19-15(20)11-13(16(19)21)10-12-4-6-14(18)7-5-12/h4-7,13H,8-11H2,1-3H3. The average Bonchev–Trinajstić information content (AvgIpc) is 2.67. The zero-order chi connectivity index (χ0) is 16.3. The van der Waals surface area contributed by atoms with Crippen LogP contribution in [0.3, 0.4) is 0 Å². The van der Waals surface area contributed by atoms with Gasteiger partial charge < -0.3 is 4.74 Å². The number of hydrogen-bond donors (Lipinski definition) is 0. The molecule has 0 spiro atoms. The zero-order valence-corrected chi connectivity index (χ0v) is 13.3. The molecule has 22 heavy (non-hydrogen) atoms. The number of amides is 2. The van der Waals surface area contributed by atoms with Gasteiger partial charge in [0.15, 0.2) is 0 Å². The van der Waals surface area contributed by atoms with E-state index in [1.165, 1.54) is 17.0 Å². The molecule has 1 aromatic rings. The Morgan fingerprint density at radius 2 is 1.86 bits per heavy atom. The van der Waals surface area contributed by atoms with Crippen LogP contribution in [-0.2, 0) is 20.7 Å². The number of nitrogens with zero attached hydrogens (tertiary/aromatic N) is 1. The molecule has 1 saturated heterocycles. The molecule has 0 radical (unpaired) electrons. The number of carbonyl (C=O) groups excluding carboxylic acids is 2. The maximum Gasteiger partial charge on any atom is 0.233 e. The van der Waals surface area contributed by atoms with Gasteiger partial charge in [-0.25, -0.2) is 4.39 Å². The van der Waals surface area contributed by atoms with Crippen molar-refractivity contribution >= 4 is 11.8 Å². The van der Waals surface area contributed by atoms with E-state index in [1.54, 1.807) is 12.1 Å². The molecule has 1 heterocycles. The molecular weight excluding hydrogens is 285 g/mol. The van der Waals surface area contributed by atoms with E-state index in [4.69, 9.17) is 4.74 Å². The molecule has 1 aliphatic rings. The Kier molecular flexibility index (Phi) is 4.96. The summed E-state index contributed by atoms with van der Waals surface area (Å²) < 4.78 is 18.5. The van der Waals surface area contributed by atoms with Crippen LogP contribution in [0.15, 0.2) is 24.3 Å². The summed E-state index contributed by atoms with van der Waals surface area (Å²) in [6, 6.07) is 6.04. The largest absolute Gasteiger partial charge is 0.374 e. The van der Waals surface area contributed by atoms with Crippen LogP contribution >= 0.6 is 0 Å². The molecule has 0 saturated carbocycles. The van der Waals surface area contributed by atoms with Crippen LogP contribution in [-0.4, -0.2) is 35.5 Å². The number of likely N-dealkylation sites (tertiary alicyclic amines) is 1. The van der Waals surface area contributed by atoms with Crippen LogP contribution in [0, 0.1) is 11.7 Å². The minimum atomic E-state index is -0.354. The van der Waals surface area contributed by atoms with E-state index in [9.17, 15) is 14.0 Å². The topological polar surface area (TPSA) is 46.6 Å². The number of carbonyl (C=O) groups is 2. The van der Waals surface area contributed by atoms with Gasteiger partial charge in [-0.2, -0.15) is 0 Å². The predicted octanol–water partition coefficient (Wildman–Crippen LogP) is 2.56. The molecule has 1 atom stereocenters. The molecule has 0 aliphatic carbocycles. The van der Waals surface area contributed by atoms with E-state index in [2.05, 4.69) is 0 Å². The van der Waals surface area contributed by atoms with Crippen LogP contribution in [0.5, 0.6) is 0 Å². The zero-order valence-electron chi connectivity index (χ0n) is 13.3. The van der Waals surface area contributed by atoms with E-state index in [-0.39, 0.29) is 42.1 Å². The third-order valence-corrected chi connectivity index (χ3v) is 3.58. The molecule has 0 aromatic heterocycles. The second-order valence-corrected chi connectivity index (χ2v) is 6.58. The predicted molar refractivity (Wildman–Crippen MR) is 80.6 cm³/mol. The Morgan fingerprint density at radius 3 is 2.45 bits per heavy atom. The minimum Gasteiger partial charge on any atom is -0.374 e. The lowest BCUT2D eigenvalue weighted by atomic mass is 9.98. The molecule has 120 valence electrons. The normalized spacial score (nSPS) is 19.1. The van der Waals surface area contributed by atoms with Gasteiger partial charge in [-0.15, -0.1) is 0 Å². The minimum absolute atomic E-state index is 0.158. The van der Waals surface area contributed by atoms with Gasteiger partial charge in [-0.3, -0.25) is 14.5 Å². The summed E-state index contributed by atoms with van der Waals surface area (Å²) in [5, 5.41) is 0. The van der Waals surface area contributed by atoms with E-state index in [1.807, 2.05) is 20.8 Å². The monoisotopic (exact) mass is 307 g/mol. The Balaban J connectivity index is 1.92. The number of halogens is 1. The lowest BCUT2D eigenvalue weighted by molar-refractivity contribution is -0.141. The number of imide groups is 1. The summed E-state index contributed by atoms with van der Waals surface area (Å²) >= 11 is 0. The van der Waals surface area contributed by atoms with Crippen LogP contribution in [0.25, 0.3) is 0 Å². The third kappa shape index (κ3) is 4.37. The Hall–Kier alpha value is -1.75. The lowest BCUT2D eigenvalue weighted by Crippen LogP contribution is -2.35. The molecule has 1 fully saturated rings. The van der Waals surface area contributed by atoms with Crippen molar-refractivity contribution in [3.05, 3.63) is 35.6 Å². The summed E-state index contributed by atoms with van der Waals surface area (Å²) in [5.74, 6) is -0.979. The van der Waals surface area contributed by atoms with Gasteiger partial charge in [0.1, 0.15) is 5.82 Å². The summed E-state index contributed by atoms with van der Waals surface area (Å²) in [5.41, 5.74) is 0.569. The first-order valence-corrected chi connectivity index (χ1v) is 7.49. The van der Waals surface area contributed by atoms with Crippen LogP contribution in [0.4, 0.5) is 4.39 Å². The highest BCUT2D eigenvalue weighted by atomic mass is 19.1.